The van der Waals surface area contributed by atoms with Gasteiger partial charge in [0.25, 0.3) is 0 Å². The maximum Gasteiger partial charge on any atom is 0.230 e. The fourth-order valence-corrected chi connectivity index (χ4v) is 5.56. The van der Waals surface area contributed by atoms with Crippen LogP contribution in [-0.4, -0.2) is 70.7 Å². The van der Waals surface area contributed by atoms with Crippen molar-refractivity contribution >= 4 is 34.6 Å². The molecule has 10 heteroatoms. The van der Waals surface area contributed by atoms with Crippen LogP contribution in [0.2, 0.25) is 0 Å². The minimum atomic E-state index is -2.57. The van der Waals surface area contributed by atoms with Crippen molar-refractivity contribution in [1.82, 2.24) is 0 Å². The summed E-state index contributed by atoms with van der Waals surface area (Å²) in [7, 11) is 5.23. The summed E-state index contributed by atoms with van der Waals surface area (Å²) in [6.45, 7) is 0. The number of carbonyl (C=O) groups is 3. The van der Waals surface area contributed by atoms with Crippen LogP contribution in [0, 0.1) is 17.8 Å². The Morgan fingerprint density at radius 2 is 1.91 bits per heavy atom. The molecule has 10 nitrogen and oxygen atoms in total. The zero-order valence-electron chi connectivity index (χ0n) is 18.0. The van der Waals surface area contributed by atoms with Gasteiger partial charge in [-0.25, -0.2) is 0 Å². The van der Waals surface area contributed by atoms with Crippen molar-refractivity contribution in [2.24, 2.45) is 23.5 Å². The zero-order chi connectivity index (χ0) is 23.7. The molecule has 0 bridgehead atoms. The van der Waals surface area contributed by atoms with Crippen LogP contribution < -0.4 is 16.0 Å². The van der Waals surface area contributed by atoms with Crippen LogP contribution in [0.4, 0.5) is 11.4 Å². The van der Waals surface area contributed by atoms with Crippen LogP contribution in [-0.2, 0) is 20.8 Å². The van der Waals surface area contributed by atoms with E-state index < -0.39 is 52.7 Å². The number of benzene rings is 1. The van der Waals surface area contributed by atoms with E-state index in [0.29, 0.717) is 11.3 Å². The number of aliphatic hydroxyl groups is 3. The van der Waals surface area contributed by atoms with Crippen molar-refractivity contribution in [1.29, 1.82) is 0 Å². The number of nitrogens with zero attached hydrogens (tertiary/aromatic N) is 1. The minimum absolute atomic E-state index is 0.0666. The Morgan fingerprint density at radius 3 is 2.47 bits per heavy atom. The number of fused-ring (bicyclic) bond motifs is 3. The summed E-state index contributed by atoms with van der Waals surface area (Å²) in [6, 6.07) is 1.73. The number of hydrogen-bond donors (Lipinski definition) is 6. The molecule has 7 N–H and O–H groups in total. The Bertz CT molecular complexity index is 1080. The number of amides is 1. The molecule has 0 aliphatic heterocycles. The molecule has 1 aromatic carbocycles. The Morgan fingerprint density at radius 1 is 1.25 bits per heavy atom. The molecule has 4 rings (SSSR count). The van der Waals surface area contributed by atoms with Gasteiger partial charge in [0.15, 0.2) is 11.4 Å². The van der Waals surface area contributed by atoms with Crippen LogP contribution in [0.5, 0.6) is 5.75 Å². The van der Waals surface area contributed by atoms with E-state index in [1.54, 1.807) is 13.1 Å². The number of hydrogen-bond acceptors (Lipinski definition) is 9. The van der Waals surface area contributed by atoms with Gasteiger partial charge in [-0.3, -0.25) is 14.4 Å². The number of phenolic OH excluding ortho intramolecular Hbond substituents is 1. The number of aromatic hydroxyl groups is 1. The van der Waals surface area contributed by atoms with Gasteiger partial charge in [-0.15, -0.1) is 0 Å². The van der Waals surface area contributed by atoms with E-state index in [4.69, 9.17) is 5.73 Å². The fourth-order valence-electron chi connectivity index (χ4n) is 5.56. The third-order valence-electron chi connectivity index (χ3n) is 7.11. The minimum Gasteiger partial charge on any atom is -0.507 e. The molecule has 2 saturated carbocycles. The molecule has 0 aromatic heterocycles. The van der Waals surface area contributed by atoms with Gasteiger partial charge in [-0.05, 0) is 36.8 Å². The van der Waals surface area contributed by atoms with E-state index in [1.807, 2.05) is 19.0 Å². The predicted octanol–water partition coefficient (Wildman–Crippen LogP) is -0.303. The van der Waals surface area contributed by atoms with Gasteiger partial charge in [0.1, 0.15) is 17.4 Å². The quantitative estimate of drug-likeness (QED) is 0.270. The molecule has 0 radical (unpaired) electrons. The average molecular weight is 445 g/mol. The van der Waals surface area contributed by atoms with Gasteiger partial charge in [-0.1, -0.05) is 0 Å². The van der Waals surface area contributed by atoms with Gasteiger partial charge < -0.3 is 36.4 Å². The third kappa shape index (κ3) is 2.75. The van der Waals surface area contributed by atoms with Crippen molar-refractivity contribution in [3.05, 3.63) is 22.8 Å². The zero-order valence-corrected chi connectivity index (χ0v) is 18.0. The molecule has 2 unspecified atom stereocenters. The number of primary amides is 1. The first-order valence-electron chi connectivity index (χ1n) is 10.4. The highest BCUT2D eigenvalue weighted by Crippen LogP contribution is 2.53. The second-order valence-corrected chi connectivity index (χ2v) is 9.03. The molecule has 0 saturated heterocycles. The first-order valence-corrected chi connectivity index (χ1v) is 10.4. The van der Waals surface area contributed by atoms with Gasteiger partial charge in [0.05, 0.1) is 17.4 Å². The summed E-state index contributed by atoms with van der Waals surface area (Å²) in [5.74, 6) is -7.20. The van der Waals surface area contributed by atoms with Gasteiger partial charge in [0, 0.05) is 38.3 Å². The van der Waals surface area contributed by atoms with E-state index >= 15 is 0 Å². The second kappa shape index (κ2) is 7.21. The first-order chi connectivity index (χ1) is 14.9. The van der Waals surface area contributed by atoms with Crippen LogP contribution in [0.25, 0.3) is 5.76 Å². The number of Topliss-reactive ketones (excluding diaryl/α,β-unsaturated/α-hetero) is 2. The Balaban J connectivity index is 1.92. The molecule has 1 aromatic rings. The molecular formula is C22H27N3O7. The van der Waals surface area contributed by atoms with Crippen LogP contribution in [0.3, 0.4) is 0 Å². The van der Waals surface area contributed by atoms with Crippen molar-refractivity contribution < 1.29 is 34.8 Å². The third-order valence-corrected chi connectivity index (χ3v) is 7.11. The van der Waals surface area contributed by atoms with E-state index in [2.05, 4.69) is 5.32 Å². The highest BCUT2D eigenvalue weighted by molar-refractivity contribution is 6.24. The summed E-state index contributed by atoms with van der Waals surface area (Å²) in [5, 5.41) is 46.3. The maximum absolute atomic E-state index is 13.5. The van der Waals surface area contributed by atoms with Crippen LogP contribution in [0.1, 0.15) is 24.0 Å². The molecule has 5 atom stereocenters. The molecule has 1 amide bonds. The van der Waals surface area contributed by atoms with E-state index in [-0.39, 0.29) is 36.1 Å². The van der Waals surface area contributed by atoms with Gasteiger partial charge >= 0.3 is 0 Å². The standard InChI is InChI=1S/C22H27N3O7/c1-24-11-7-12(25(2)3)10-5-8-4-9-6-13(26)16(21(23)31)20(30)22(9,32)19(29)14(8)18(28)15(10)17(11)27/h7-9,13,16,24,26-28,32H,4-6H2,1-3H3,(H2,23,31)/t8-,9+,13?,16?,22+/m1/s1. The Hall–Kier alpha value is -3.11. The van der Waals surface area contributed by atoms with Crippen molar-refractivity contribution in [3.63, 3.8) is 0 Å². The van der Waals surface area contributed by atoms with Crippen LogP contribution >= 0.6 is 0 Å². The molecule has 0 spiro atoms. The number of carbonyl (C=O) groups excluding carboxylic acids is 3. The lowest BCUT2D eigenvalue weighted by molar-refractivity contribution is -0.174. The van der Waals surface area contributed by atoms with Crippen molar-refractivity contribution in [2.75, 3.05) is 31.4 Å². The van der Waals surface area contributed by atoms with Gasteiger partial charge in [0.2, 0.25) is 11.7 Å². The second-order valence-electron chi connectivity index (χ2n) is 9.03. The molecule has 3 aliphatic rings. The normalized spacial score (nSPS) is 31.5. The molecule has 3 aliphatic carbocycles. The summed E-state index contributed by atoms with van der Waals surface area (Å²) in [4.78, 5) is 40.0. The van der Waals surface area contributed by atoms with Crippen LogP contribution in [0.15, 0.2) is 11.6 Å². The van der Waals surface area contributed by atoms with E-state index in [0.717, 1.165) is 5.69 Å². The van der Waals surface area contributed by atoms with Crippen molar-refractivity contribution in [2.45, 2.75) is 31.0 Å². The molecule has 2 fully saturated rings. The first kappa shape index (κ1) is 22.1. The molecule has 172 valence electrons. The maximum atomic E-state index is 13.5. The molecule has 0 heterocycles. The summed E-state index contributed by atoms with van der Waals surface area (Å²) < 4.78 is 0. The number of phenols is 1. The lowest BCUT2D eigenvalue weighted by Gasteiger charge is -2.48. The summed E-state index contributed by atoms with van der Waals surface area (Å²) in [5.41, 5.74) is 4.28. The Kier molecular flexibility index (Phi) is 4.98. The number of nitrogens with two attached hydrogens (primary N) is 1. The number of nitrogens with one attached hydrogen (secondary N) is 1. The highest BCUT2D eigenvalue weighted by Gasteiger charge is 2.64. The number of rotatable bonds is 3. The van der Waals surface area contributed by atoms with E-state index in [1.165, 1.54) is 0 Å². The fraction of sp³-hybridized carbons (Fsp3) is 0.500. The van der Waals surface area contributed by atoms with E-state index in [9.17, 15) is 34.8 Å². The molecule has 32 heavy (non-hydrogen) atoms. The lowest BCUT2D eigenvalue weighted by atomic mass is 9.56. The monoisotopic (exact) mass is 445 g/mol. The van der Waals surface area contributed by atoms with Crippen molar-refractivity contribution in [3.8, 4) is 5.75 Å². The van der Waals surface area contributed by atoms with Gasteiger partial charge in [-0.2, -0.15) is 0 Å². The number of aliphatic hydroxyl groups excluding tert-OH is 2. The largest absolute Gasteiger partial charge is 0.507 e. The average Bonchev–Trinajstić information content (AvgIpc) is 2.70. The molecular weight excluding hydrogens is 418 g/mol. The summed E-state index contributed by atoms with van der Waals surface area (Å²) in [6.07, 6.45) is -1.13. The number of anilines is 2. The summed E-state index contributed by atoms with van der Waals surface area (Å²) >= 11 is 0. The lowest BCUT2D eigenvalue weighted by Crippen LogP contribution is -2.66. The SMILES string of the molecule is CNc1cc(N(C)C)c2c(c1O)C(O)=C1C(=O)[C@]3(O)C(=O)C(C(N)=O)C(O)C[C@@H]3C[C@@H]1C2. The topological polar surface area (TPSA) is 173 Å². The smallest absolute Gasteiger partial charge is 0.230 e. The highest BCUT2D eigenvalue weighted by atomic mass is 16.3. The predicted molar refractivity (Wildman–Crippen MR) is 115 cm³/mol. The number of ketones is 2. The Labute approximate surface area is 184 Å².